The summed E-state index contributed by atoms with van der Waals surface area (Å²) < 4.78 is 47.0. The summed E-state index contributed by atoms with van der Waals surface area (Å²) in [5, 5.41) is 0. The summed E-state index contributed by atoms with van der Waals surface area (Å²) in [4.78, 5) is 12.2. The predicted molar refractivity (Wildman–Crippen MR) is 89.3 cm³/mol. The molecular weight excluding hydrogens is 376 g/mol. The van der Waals surface area contributed by atoms with Gasteiger partial charge >= 0.3 is 5.97 Å². The highest BCUT2D eigenvalue weighted by Crippen LogP contribution is 2.60. The molecule has 2 atom stereocenters. The Labute approximate surface area is 153 Å². The molecule has 7 heteroatoms. The SMILES string of the molecule is C#Cc1c(F)c(C)c(COC(=O)[C@H]2[C@H](C=C(Cl)Cl)C2(C)C)c(F)c1F. The second-order valence-corrected chi connectivity index (χ2v) is 7.46. The Bertz CT molecular complexity index is 777. The van der Waals surface area contributed by atoms with Crippen molar-refractivity contribution < 1.29 is 22.7 Å². The van der Waals surface area contributed by atoms with Gasteiger partial charge in [-0.15, -0.1) is 6.42 Å². The van der Waals surface area contributed by atoms with Gasteiger partial charge < -0.3 is 4.74 Å². The van der Waals surface area contributed by atoms with Gasteiger partial charge in [-0.2, -0.15) is 0 Å². The summed E-state index contributed by atoms with van der Waals surface area (Å²) in [5.41, 5.74) is -1.79. The molecule has 134 valence electrons. The van der Waals surface area contributed by atoms with Gasteiger partial charge in [0.1, 0.15) is 16.9 Å². The average molecular weight is 391 g/mol. The van der Waals surface area contributed by atoms with Crippen molar-refractivity contribution in [2.75, 3.05) is 0 Å². The third kappa shape index (κ3) is 3.51. The van der Waals surface area contributed by atoms with Crippen LogP contribution < -0.4 is 0 Å². The molecule has 0 aromatic heterocycles. The normalized spacial score (nSPS) is 20.6. The molecule has 0 N–H and O–H groups in total. The summed E-state index contributed by atoms with van der Waals surface area (Å²) >= 11 is 11.2. The minimum atomic E-state index is -1.47. The van der Waals surface area contributed by atoms with Crippen LogP contribution in [-0.4, -0.2) is 5.97 Å². The quantitative estimate of drug-likeness (QED) is 0.409. The lowest BCUT2D eigenvalue weighted by atomic mass is 10.0. The molecule has 1 aliphatic carbocycles. The van der Waals surface area contributed by atoms with Gasteiger partial charge in [0.05, 0.1) is 11.5 Å². The lowest BCUT2D eigenvalue weighted by Crippen LogP contribution is -2.14. The highest BCUT2D eigenvalue weighted by molar-refractivity contribution is 6.55. The van der Waals surface area contributed by atoms with Crippen LogP contribution in [0.2, 0.25) is 0 Å². The summed E-state index contributed by atoms with van der Waals surface area (Å²) in [6.45, 7) is 4.28. The van der Waals surface area contributed by atoms with Gasteiger partial charge in [0.15, 0.2) is 11.6 Å². The molecule has 25 heavy (non-hydrogen) atoms. The van der Waals surface area contributed by atoms with E-state index in [-0.39, 0.29) is 21.5 Å². The van der Waals surface area contributed by atoms with Crippen LogP contribution in [0.25, 0.3) is 0 Å². The van der Waals surface area contributed by atoms with Crippen LogP contribution in [0.15, 0.2) is 10.6 Å². The molecule has 1 saturated carbocycles. The van der Waals surface area contributed by atoms with Gasteiger partial charge in [-0.3, -0.25) is 4.79 Å². The van der Waals surface area contributed by atoms with Crippen molar-refractivity contribution in [3.8, 4) is 12.3 Å². The van der Waals surface area contributed by atoms with Crippen molar-refractivity contribution in [1.82, 2.24) is 0 Å². The van der Waals surface area contributed by atoms with E-state index >= 15 is 0 Å². The van der Waals surface area contributed by atoms with Gasteiger partial charge in [0.2, 0.25) is 0 Å². The van der Waals surface area contributed by atoms with E-state index in [1.165, 1.54) is 13.0 Å². The zero-order valence-electron chi connectivity index (χ0n) is 13.7. The maximum atomic E-state index is 14.1. The largest absolute Gasteiger partial charge is 0.460 e. The Hall–Kier alpha value is -1.64. The molecule has 0 amide bonds. The highest BCUT2D eigenvalue weighted by Gasteiger charge is 2.61. The molecule has 0 bridgehead atoms. The number of hydrogen-bond donors (Lipinski definition) is 0. The lowest BCUT2D eigenvalue weighted by Gasteiger charge is -2.12. The minimum Gasteiger partial charge on any atom is -0.460 e. The van der Waals surface area contributed by atoms with Crippen molar-refractivity contribution >= 4 is 29.2 Å². The van der Waals surface area contributed by atoms with Crippen molar-refractivity contribution in [2.24, 2.45) is 17.3 Å². The van der Waals surface area contributed by atoms with Gasteiger partial charge in [-0.05, 0) is 29.9 Å². The molecule has 0 saturated heterocycles. The fourth-order valence-electron chi connectivity index (χ4n) is 2.93. The van der Waals surface area contributed by atoms with Crippen molar-refractivity contribution in [1.29, 1.82) is 0 Å². The summed E-state index contributed by atoms with van der Waals surface area (Å²) in [6.07, 6.45) is 6.51. The fourth-order valence-corrected chi connectivity index (χ4v) is 3.20. The first-order chi connectivity index (χ1) is 11.5. The van der Waals surface area contributed by atoms with Gasteiger partial charge in [0, 0.05) is 5.56 Å². The number of benzene rings is 1. The van der Waals surface area contributed by atoms with Crippen LogP contribution >= 0.6 is 23.2 Å². The van der Waals surface area contributed by atoms with Gasteiger partial charge in [0.25, 0.3) is 0 Å². The average Bonchev–Trinajstić information content (AvgIpc) is 3.05. The maximum Gasteiger partial charge on any atom is 0.310 e. The molecule has 2 nitrogen and oxygen atoms in total. The zero-order chi connectivity index (χ0) is 19.1. The van der Waals surface area contributed by atoms with Crippen LogP contribution in [-0.2, 0) is 16.1 Å². The van der Waals surface area contributed by atoms with E-state index in [9.17, 15) is 18.0 Å². The molecule has 0 radical (unpaired) electrons. The number of esters is 1. The monoisotopic (exact) mass is 390 g/mol. The number of halogens is 5. The molecular formula is C18H15Cl2F3O2. The van der Waals surface area contributed by atoms with E-state index < -0.39 is 46.9 Å². The van der Waals surface area contributed by atoms with E-state index in [4.69, 9.17) is 34.4 Å². The fraction of sp³-hybridized carbons (Fsp3) is 0.389. The maximum absolute atomic E-state index is 14.1. The second-order valence-electron chi connectivity index (χ2n) is 6.45. The smallest absolute Gasteiger partial charge is 0.310 e. The molecule has 1 aromatic carbocycles. The Morgan fingerprint density at radius 2 is 1.88 bits per heavy atom. The Morgan fingerprint density at radius 1 is 1.28 bits per heavy atom. The first kappa shape index (κ1) is 19.7. The van der Waals surface area contributed by atoms with Crippen molar-refractivity contribution in [3.05, 3.63) is 44.7 Å². The van der Waals surface area contributed by atoms with Crippen LogP contribution in [0.1, 0.15) is 30.5 Å². The molecule has 0 spiro atoms. The van der Waals surface area contributed by atoms with Crippen molar-refractivity contribution in [2.45, 2.75) is 27.4 Å². The van der Waals surface area contributed by atoms with E-state index in [2.05, 4.69) is 0 Å². The Kier molecular flexibility index (Phi) is 5.46. The van der Waals surface area contributed by atoms with Crippen LogP contribution in [0.3, 0.4) is 0 Å². The van der Waals surface area contributed by atoms with Gasteiger partial charge in [-0.1, -0.05) is 43.0 Å². The molecule has 0 unspecified atom stereocenters. The van der Waals surface area contributed by atoms with Crippen LogP contribution in [0.5, 0.6) is 0 Å². The molecule has 1 aliphatic rings. The number of carbonyl (C=O) groups excluding carboxylic acids is 1. The van der Waals surface area contributed by atoms with E-state index in [0.29, 0.717) is 0 Å². The predicted octanol–water partition coefficient (Wildman–Crippen LogP) is 5.03. The molecule has 0 aliphatic heterocycles. The summed E-state index contributed by atoms with van der Waals surface area (Å²) in [6, 6.07) is 0. The van der Waals surface area contributed by atoms with Crippen molar-refractivity contribution in [3.63, 3.8) is 0 Å². The number of ether oxygens (including phenoxy) is 1. The van der Waals surface area contributed by atoms with E-state index in [1.807, 2.05) is 13.8 Å². The lowest BCUT2D eigenvalue weighted by molar-refractivity contribution is -0.147. The Balaban J connectivity index is 2.20. The van der Waals surface area contributed by atoms with E-state index in [0.717, 1.165) is 0 Å². The van der Waals surface area contributed by atoms with Gasteiger partial charge in [-0.25, -0.2) is 13.2 Å². The first-order valence-electron chi connectivity index (χ1n) is 7.36. The van der Waals surface area contributed by atoms with Crippen LogP contribution in [0.4, 0.5) is 13.2 Å². The number of rotatable bonds is 4. The summed E-state index contributed by atoms with van der Waals surface area (Å²) in [5.74, 6) is -3.45. The molecule has 1 fully saturated rings. The standard InChI is InChI=1S/C18H15Cl2F3O2/c1-5-9-14(21)8(2)10(16(23)15(9)22)7-25-17(24)13-11(6-12(19)20)18(13,3)4/h1,6,11,13H,7H2,2-4H3/t11-,13+/m0/s1. The minimum absolute atomic E-state index is 0.0317. The molecule has 0 heterocycles. The Morgan fingerprint density at radius 3 is 2.40 bits per heavy atom. The molecule has 1 aromatic rings. The topological polar surface area (TPSA) is 26.3 Å². The number of allylic oxidation sites excluding steroid dienone is 1. The third-order valence-corrected chi connectivity index (χ3v) is 4.90. The second kappa shape index (κ2) is 6.93. The number of terminal acetylenes is 1. The molecule has 2 rings (SSSR count). The first-order valence-corrected chi connectivity index (χ1v) is 8.11. The third-order valence-electron chi connectivity index (χ3n) is 4.65. The number of carbonyl (C=O) groups is 1. The number of hydrogen-bond acceptors (Lipinski definition) is 2. The summed E-state index contributed by atoms with van der Waals surface area (Å²) in [7, 11) is 0. The zero-order valence-corrected chi connectivity index (χ0v) is 15.2. The van der Waals surface area contributed by atoms with Crippen LogP contribution in [0, 0.1) is 54.0 Å². The highest BCUT2D eigenvalue weighted by atomic mass is 35.5. The van der Waals surface area contributed by atoms with E-state index in [1.54, 1.807) is 5.92 Å².